The first-order valence-corrected chi connectivity index (χ1v) is 13.5. The van der Waals surface area contributed by atoms with E-state index in [0.29, 0.717) is 18.0 Å². The monoisotopic (exact) mass is 531 g/mol. The highest BCUT2D eigenvalue weighted by Gasteiger charge is 2.33. The predicted octanol–water partition coefficient (Wildman–Crippen LogP) is 5.51. The number of carboxylic acids is 1. The number of hydrogen-bond donors (Lipinski definition) is 1. The van der Waals surface area contributed by atoms with Gasteiger partial charge in [-0.05, 0) is 56.0 Å². The van der Waals surface area contributed by atoms with Crippen LogP contribution in [0.2, 0.25) is 0 Å². The van der Waals surface area contributed by atoms with Crippen LogP contribution in [0.4, 0.5) is 0 Å². The van der Waals surface area contributed by atoms with Crippen LogP contribution in [-0.2, 0) is 27.1 Å². The van der Waals surface area contributed by atoms with Crippen LogP contribution in [-0.4, -0.2) is 45.2 Å². The van der Waals surface area contributed by atoms with Crippen molar-refractivity contribution in [3.8, 4) is 22.6 Å². The molecule has 40 heavy (non-hydrogen) atoms. The molecule has 0 aliphatic heterocycles. The SMILES string of the molecule is Cc1nc2nn(C)cc2cc1-c1nc(-c2cccc3nn(CCc4ccc(C(=O)O)cc4)cc23)c(C2CC2)n1C. The van der Waals surface area contributed by atoms with E-state index in [0.717, 1.165) is 62.3 Å². The zero-order valence-corrected chi connectivity index (χ0v) is 22.7. The van der Waals surface area contributed by atoms with Crippen molar-refractivity contribution in [3.63, 3.8) is 0 Å². The molecule has 0 bridgehead atoms. The molecular formula is C31H29N7O2. The number of aromatic carboxylic acids is 1. The van der Waals surface area contributed by atoms with E-state index in [1.165, 1.54) is 18.5 Å². The third-order valence-electron chi connectivity index (χ3n) is 7.83. The van der Waals surface area contributed by atoms with E-state index in [2.05, 4.69) is 41.1 Å². The molecule has 0 unspecified atom stereocenters. The van der Waals surface area contributed by atoms with Gasteiger partial charge in [-0.15, -0.1) is 0 Å². The van der Waals surface area contributed by atoms with Crippen molar-refractivity contribution < 1.29 is 9.90 Å². The van der Waals surface area contributed by atoms with Gasteiger partial charge in [-0.25, -0.2) is 14.8 Å². The summed E-state index contributed by atoms with van der Waals surface area (Å²) in [6.45, 7) is 2.72. The number of hydrogen-bond acceptors (Lipinski definition) is 5. The van der Waals surface area contributed by atoms with Gasteiger partial charge >= 0.3 is 5.97 Å². The second-order valence-electron chi connectivity index (χ2n) is 10.7. The minimum atomic E-state index is -0.912. The number of imidazole rings is 1. The Morgan fingerprint density at radius 1 is 1.00 bits per heavy atom. The Bertz CT molecular complexity index is 1920. The smallest absolute Gasteiger partial charge is 0.335 e. The van der Waals surface area contributed by atoms with Crippen molar-refractivity contribution in [3.05, 3.63) is 83.4 Å². The van der Waals surface area contributed by atoms with Crippen LogP contribution >= 0.6 is 0 Å². The van der Waals surface area contributed by atoms with Gasteiger partial charge in [0.15, 0.2) is 5.65 Å². The molecule has 2 aromatic carbocycles. The van der Waals surface area contributed by atoms with Crippen molar-refractivity contribution >= 4 is 27.9 Å². The summed E-state index contributed by atoms with van der Waals surface area (Å²) >= 11 is 0. The summed E-state index contributed by atoms with van der Waals surface area (Å²) in [5, 5.41) is 20.6. The Morgan fingerprint density at radius 2 is 1.80 bits per heavy atom. The van der Waals surface area contributed by atoms with Crippen molar-refractivity contribution in [2.75, 3.05) is 0 Å². The van der Waals surface area contributed by atoms with Crippen molar-refractivity contribution in [1.29, 1.82) is 0 Å². The summed E-state index contributed by atoms with van der Waals surface area (Å²) in [6.07, 6.45) is 7.19. The molecule has 1 fully saturated rings. The molecule has 4 heterocycles. The summed E-state index contributed by atoms with van der Waals surface area (Å²) in [5.74, 6) is 0.502. The second kappa shape index (κ2) is 9.15. The molecule has 7 rings (SSSR count). The number of aromatic nitrogens is 7. The number of carbonyl (C=O) groups is 1. The third-order valence-corrected chi connectivity index (χ3v) is 7.83. The minimum Gasteiger partial charge on any atom is -0.478 e. The van der Waals surface area contributed by atoms with Crippen LogP contribution in [0, 0.1) is 6.92 Å². The highest BCUT2D eigenvalue weighted by atomic mass is 16.4. The summed E-state index contributed by atoms with van der Waals surface area (Å²) in [5.41, 5.74) is 8.35. The van der Waals surface area contributed by atoms with Gasteiger partial charge in [-0.2, -0.15) is 10.2 Å². The lowest BCUT2D eigenvalue weighted by Gasteiger charge is -2.08. The topological polar surface area (TPSA) is 104 Å². The van der Waals surface area contributed by atoms with E-state index < -0.39 is 5.97 Å². The average Bonchev–Trinajstić information content (AvgIpc) is 3.43. The zero-order valence-electron chi connectivity index (χ0n) is 22.7. The molecule has 9 nitrogen and oxygen atoms in total. The molecule has 1 N–H and O–H groups in total. The summed E-state index contributed by atoms with van der Waals surface area (Å²) in [7, 11) is 4.03. The number of rotatable bonds is 7. The number of aryl methyl sites for hydroxylation is 4. The van der Waals surface area contributed by atoms with Gasteiger partial charge in [0.25, 0.3) is 0 Å². The van der Waals surface area contributed by atoms with E-state index in [1.54, 1.807) is 16.8 Å². The lowest BCUT2D eigenvalue weighted by atomic mass is 10.0. The summed E-state index contributed by atoms with van der Waals surface area (Å²) < 4.78 is 6.03. The Kier molecular flexibility index (Phi) is 5.55. The van der Waals surface area contributed by atoms with E-state index >= 15 is 0 Å². The fraction of sp³-hybridized carbons (Fsp3) is 0.258. The number of pyridine rings is 1. The standard InChI is InChI=1S/C31H29N7O2/c1-18-24(15-22-16-36(2)35-29(22)32-18)30-33-27(28(37(30)3)20-11-12-20)23-5-4-6-26-25(23)17-38(34-26)14-13-19-7-9-21(10-8-19)31(39)40/h4-10,15-17,20H,11-14H2,1-3H3,(H,39,40). The van der Waals surface area contributed by atoms with Gasteiger partial charge in [0.1, 0.15) is 5.82 Å². The first-order chi connectivity index (χ1) is 19.4. The number of benzene rings is 2. The molecule has 1 saturated carbocycles. The Morgan fingerprint density at radius 3 is 2.55 bits per heavy atom. The molecule has 0 radical (unpaired) electrons. The summed E-state index contributed by atoms with van der Waals surface area (Å²) in [6, 6.07) is 15.4. The van der Waals surface area contributed by atoms with Crippen LogP contribution in [0.1, 0.15) is 46.1 Å². The quantitative estimate of drug-likeness (QED) is 0.291. The second-order valence-corrected chi connectivity index (χ2v) is 10.7. The maximum absolute atomic E-state index is 11.2. The van der Waals surface area contributed by atoms with Gasteiger partial charge in [-0.3, -0.25) is 9.36 Å². The third kappa shape index (κ3) is 4.14. The van der Waals surface area contributed by atoms with Crippen molar-refractivity contribution in [1.82, 2.24) is 34.1 Å². The fourth-order valence-electron chi connectivity index (χ4n) is 5.63. The fourth-order valence-corrected chi connectivity index (χ4v) is 5.63. The molecule has 0 atom stereocenters. The summed E-state index contributed by atoms with van der Waals surface area (Å²) in [4.78, 5) is 21.2. The molecule has 0 amide bonds. The van der Waals surface area contributed by atoms with Crippen LogP contribution in [0.25, 0.3) is 44.6 Å². The molecule has 4 aromatic heterocycles. The Hall–Kier alpha value is -4.79. The molecule has 6 aromatic rings. The van der Waals surface area contributed by atoms with Gasteiger partial charge in [0.05, 0.1) is 22.5 Å². The van der Waals surface area contributed by atoms with Crippen LogP contribution in [0.15, 0.2) is 60.9 Å². The molecule has 0 saturated heterocycles. The largest absolute Gasteiger partial charge is 0.478 e. The van der Waals surface area contributed by atoms with E-state index in [-0.39, 0.29) is 0 Å². The lowest BCUT2D eigenvalue weighted by molar-refractivity contribution is 0.0697. The van der Waals surface area contributed by atoms with E-state index in [4.69, 9.17) is 20.2 Å². The first-order valence-electron chi connectivity index (χ1n) is 13.5. The zero-order chi connectivity index (χ0) is 27.5. The normalized spacial score (nSPS) is 13.5. The lowest BCUT2D eigenvalue weighted by Crippen LogP contribution is -2.02. The Labute approximate surface area is 230 Å². The van der Waals surface area contributed by atoms with Crippen molar-refractivity contribution in [2.45, 2.75) is 38.6 Å². The molecular weight excluding hydrogens is 502 g/mol. The van der Waals surface area contributed by atoms with Gasteiger partial charge in [0, 0.05) is 66.5 Å². The predicted molar refractivity (Wildman–Crippen MR) is 153 cm³/mol. The van der Waals surface area contributed by atoms with Crippen LogP contribution < -0.4 is 0 Å². The maximum atomic E-state index is 11.2. The van der Waals surface area contributed by atoms with E-state index in [9.17, 15) is 4.79 Å². The maximum Gasteiger partial charge on any atom is 0.335 e. The average molecular weight is 532 g/mol. The van der Waals surface area contributed by atoms with Gasteiger partial charge in [0.2, 0.25) is 0 Å². The number of fused-ring (bicyclic) bond motifs is 2. The van der Waals surface area contributed by atoms with Gasteiger partial charge < -0.3 is 9.67 Å². The first kappa shape index (κ1) is 24.3. The van der Waals surface area contributed by atoms with Crippen LogP contribution in [0.5, 0.6) is 0 Å². The molecule has 0 spiro atoms. The minimum absolute atomic E-state index is 0.297. The number of carboxylic acid groups (broad SMARTS) is 1. The molecule has 1 aliphatic carbocycles. The molecule has 200 valence electrons. The number of nitrogens with zero attached hydrogens (tertiary/aromatic N) is 7. The highest BCUT2D eigenvalue weighted by Crippen LogP contribution is 2.46. The van der Waals surface area contributed by atoms with Gasteiger partial charge in [-0.1, -0.05) is 24.3 Å². The highest BCUT2D eigenvalue weighted by molar-refractivity contribution is 5.95. The Balaban J connectivity index is 1.27. The van der Waals surface area contributed by atoms with Crippen molar-refractivity contribution in [2.24, 2.45) is 14.1 Å². The van der Waals surface area contributed by atoms with E-state index in [1.807, 2.05) is 43.0 Å². The molecule has 9 heteroatoms. The van der Waals surface area contributed by atoms with Crippen LogP contribution in [0.3, 0.4) is 0 Å². The molecule has 1 aliphatic rings.